The largest absolute Gasteiger partial charge is 0.369 e. The molecule has 0 aromatic carbocycles. The molecule has 1 aromatic heterocycles. The van der Waals surface area contributed by atoms with Gasteiger partial charge >= 0.3 is 0 Å². The summed E-state index contributed by atoms with van der Waals surface area (Å²) < 4.78 is 0. The third-order valence-electron chi connectivity index (χ3n) is 3.93. The van der Waals surface area contributed by atoms with Crippen LogP contribution >= 0.6 is 0 Å². The fraction of sp³-hybridized carbons (Fsp3) is 0.625. The quantitative estimate of drug-likeness (QED) is 0.833. The van der Waals surface area contributed by atoms with Crippen LogP contribution in [0.15, 0.2) is 18.3 Å². The molecule has 0 unspecified atom stereocenters. The molecule has 2 heterocycles. The number of aromatic nitrogens is 1. The molecule has 1 aliphatic rings. The van der Waals surface area contributed by atoms with Gasteiger partial charge < -0.3 is 16.0 Å². The van der Waals surface area contributed by atoms with Gasteiger partial charge in [-0.1, -0.05) is 19.9 Å². The summed E-state index contributed by atoms with van der Waals surface area (Å²) in [6.07, 6.45) is 3.48. The van der Waals surface area contributed by atoms with Gasteiger partial charge in [0.05, 0.1) is 0 Å². The van der Waals surface area contributed by atoms with Gasteiger partial charge in [-0.05, 0) is 31.4 Å². The van der Waals surface area contributed by atoms with Crippen LogP contribution in [0.3, 0.4) is 0 Å². The Bertz CT molecular complexity index is 467. The Kier molecular flexibility index (Phi) is 5.56. The van der Waals surface area contributed by atoms with Gasteiger partial charge in [0.2, 0.25) is 5.91 Å². The molecule has 0 radical (unpaired) electrons. The van der Waals surface area contributed by atoms with Gasteiger partial charge in [0.1, 0.15) is 5.82 Å². The molecule has 3 N–H and O–H groups in total. The van der Waals surface area contributed by atoms with Crippen molar-refractivity contribution in [1.82, 2.24) is 10.3 Å². The molecule has 1 fully saturated rings. The SMILES string of the molecule is CC(C)CNCc1cccnc1N1CCC(C(N)=O)CC1. The van der Waals surface area contributed by atoms with E-state index in [1.165, 1.54) is 5.56 Å². The van der Waals surface area contributed by atoms with Crippen LogP contribution in [0, 0.1) is 11.8 Å². The number of carbonyl (C=O) groups is 1. The maximum Gasteiger partial charge on any atom is 0.220 e. The lowest BCUT2D eigenvalue weighted by molar-refractivity contribution is -0.122. The summed E-state index contributed by atoms with van der Waals surface area (Å²) in [6, 6.07) is 4.10. The van der Waals surface area contributed by atoms with Crippen molar-refractivity contribution >= 4 is 11.7 Å². The molecule has 5 nitrogen and oxygen atoms in total. The van der Waals surface area contributed by atoms with Crippen LogP contribution in [0.1, 0.15) is 32.3 Å². The zero-order chi connectivity index (χ0) is 15.2. The number of anilines is 1. The lowest BCUT2D eigenvalue weighted by Crippen LogP contribution is -2.39. The van der Waals surface area contributed by atoms with Crippen LogP contribution in [0.5, 0.6) is 0 Å². The average Bonchev–Trinajstić information content (AvgIpc) is 2.47. The number of hydrogen-bond acceptors (Lipinski definition) is 4. The smallest absolute Gasteiger partial charge is 0.220 e. The van der Waals surface area contributed by atoms with Crippen LogP contribution < -0.4 is 16.0 Å². The highest BCUT2D eigenvalue weighted by Gasteiger charge is 2.24. The highest BCUT2D eigenvalue weighted by molar-refractivity contribution is 5.77. The van der Waals surface area contributed by atoms with E-state index in [1.54, 1.807) is 0 Å². The van der Waals surface area contributed by atoms with E-state index >= 15 is 0 Å². The van der Waals surface area contributed by atoms with Gasteiger partial charge in [-0.3, -0.25) is 4.79 Å². The molecule has 1 aromatic rings. The average molecular weight is 290 g/mol. The lowest BCUT2D eigenvalue weighted by atomic mass is 9.96. The number of rotatable bonds is 6. The summed E-state index contributed by atoms with van der Waals surface area (Å²) in [5.41, 5.74) is 6.61. The van der Waals surface area contributed by atoms with E-state index in [0.717, 1.165) is 44.8 Å². The van der Waals surface area contributed by atoms with Crippen molar-refractivity contribution in [3.63, 3.8) is 0 Å². The first kappa shape index (κ1) is 15.8. The monoisotopic (exact) mass is 290 g/mol. The number of carbonyl (C=O) groups excluding carboxylic acids is 1. The summed E-state index contributed by atoms with van der Waals surface area (Å²) >= 11 is 0. The van der Waals surface area contributed by atoms with Crippen molar-refractivity contribution in [1.29, 1.82) is 0 Å². The topological polar surface area (TPSA) is 71.2 Å². The molecule has 0 bridgehead atoms. The fourth-order valence-corrected chi connectivity index (χ4v) is 2.72. The molecule has 1 amide bonds. The first-order valence-corrected chi connectivity index (χ1v) is 7.76. The highest BCUT2D eigenvalue weighted by atomic mass is 16.1. The molecule has 0 spiro atoms. The Morgan fingerprint density at radius 1 is 1.48 bits per heavy atom. The maximum atomic E-state index is 11.2. The van der Waals surface area contributed by atoms with Crippen LogP contribution in [-0.4, -0.2) is 30.5 Å². The van der Waals surface area contributed by atoms with Gasteiger partial charge in [0.25, 0.3) is 0 Å². The molecule has 1 aliphatic heterocycles. The Balaban J connectivity index is 1.98. The summed E-state index contributed by atoms with van der Waals surface area (Å²) in [6.45, 7) is 7.93. The fourth-order valence-electron chi connectivity index (χ4n) is 2.72. The van der Waals surface area contributed by atoms with Crippen molar-refractivity contribution in [3.05, 3.63) is 23.9 Å². The van der Waals surface area contributed by atoms with E-state index in [4.69, 9.17) is 5.73 Å². The van der Waals surface area contributed by atoms with E-state index in [-0.39, 0.29) is 11.8 Å². The molecule has 0 atom stereocenters. The molecule has 0 aliphatic carbocycles. The lowest BCUT2D eigenvalue weighted by Gasteiger charge is -2.32. The standard InChI is InChI=1S/C16H26N4O/c1-12(2)10-18-11-14-4-3-7-19-16(14)20-8-5-13(6-9-20)15(17)21/h3-4,7,12-13,18H,5-6,8-11H2,1-2H3,(H2,17,21). The van der Waals surface area contributed by atoms with Crippen LogP contribution in [0.2, 0.25) is 0 Å². The minimum atomic E-state index is -0.172. The minimum Gasteiger partial charge on any atom is -0.369 e. The number of pyridine rings is 1. The van der Waals surface area contributed by atoms with Crippen molar-refractivity contribution in [3.8, 4) is 0 Å². The second kappa shape index (κ2) is 7.41. The van der Waals surface area contributed by atoms with Gasteiger partial charge in [-0.25, -0.2) is 4.98 Å². The summed E-state index contributed by atoms with van der Waals surface area (Å²) in [5, 5.41) is 3.47. The molecule has 2 rings (SSSR count). The first-order valence-electron chi connectivity index (χ1n) is 7.76. The normalized spacial score (nSPS) is 16.4. The second-order valence-electron chi connectivity index (χ2n) is 6.17. The predicted molar refractivity (Wildman–Crippen MR) is 84.9 cm³/mol. The van der Waals surface area contributed by atoms with Gasteiger partial charge in [-0.15, -0.1) is 0 Å². The Labute approximate surface area is 126 Å². The van der Waals surface area contributed by atoms with Crippen LogP contribution in [0.4, 0.5) is 5.82 Å². The molecule has 116 valence electrons. The Morgan fingerprint density at radius 3 is 2.81 bits per heavy atom. The minimum absolute atomic E-state index is 0.0208. The Morgan fingerprint density at radius 2 is 2.19 bits per heavy atom. The molecule has 5 heteroatoms. The number of nitrogens with one attached hydrogen (secondary N) is 1. The number of nitrogens with zero attached hydrogens (tertiary/aromatic N) is 2. The molecule has 21 heavy (non-hydrogen) atoms. The molecule has 0 saturated carbocycles. The zero-order valence-corrected chi connectivity index (χ0v) is 13.0. The van der Waals surface area contributed by atoms with Crippen molar-refractivity contribution < 1.29 is 4.79 Å². The van der Waals surface area contributed by atoms with Gasteiger partial charge in [0, 0.05) is 37.3 Å². The number of nitrogens with two attached hydrogens (primary N) is 1. The number of primary amides is 1. The summed E-state index contributed by atoms with van der Waals surface area (Å²) in [5.74, 6) is 1.52. The Hall–Kier alpha value is -1.62. The number of hydrogen-bond donors (Lipinski definition) is 2. The summed E-state index contributed by atoms with van der Waals surface area (Å²) in [4.78, 5) is 18.1. The predicted octanol–water partition coefficient (Wildman–Crippen LogP) is 1.53. The first-order chi connectivity index (χ1) is 10.1. The maximum absolute atomic E-state index is 11.2. The van der Waals surface area contributed by atoms with Gasteiger partial charge in [-0.2, -0.15) is 0 Å². The van der Waals surface area contributed by atoms with E-state index in [2.05, 4.69) is 35.1 Å². The van der Waals surface area contributed by atoms with E-state index in [0.29, 0.717) is 5.92 Å². The third-order valence-corrected chi connectivity index (χ3v) is 3.93. The van der Waals surface area contributed by atoms with Crippen molar-refractivity contribution in [2.45, 2.75) is 33.2 Å². The van der Waals surface area contributed by atoms with E-state index in [9.17, 15) is 4.79 Å². The van der Waals surface area contributed by atoms with E-state index in [1.807, 2.05) is 12.3 Å². The third kappa shape index (κ3) is 4.43. The summed E-state index contributed by atoms with van der Waals surface area (Å²) in [7, 11) is 0. The van der Waals surface area contributed by atoms with Crippen molar-refractivity contribution in [2.75, 3.05) is 24.5 Å². The number of amides is 1. The van der Waals surface area contributed by atoms with Crippen LogP contribution in [-0.2, 0) is 11.3 Å². The molecular weight excluding hydrogens is 264 g/mol. The van der Waals surface area contributed by atoms with Gasteiger partial charge in [0.15, 0.2) is 0 Å². The second-order valence-corrected chi connectivity index (χ2v) is 6.17. The number of piperidine rings is 1. The molecule has 1 saturated heterocycles. The van der Waals surface area contributed by atoms with E-state index < -0.39 is 0 Å². The highest BCUT2D eigenvalue weighted by Crippen LogP contribution is 2.24. The molecular formula is C16H26N4O. The van der Waals surface area contributed by atoms with Crippen molar-refractivity contribution in [2.24, 2.45) is 17.6 Å². The zero-order valence-electron chi connectivity index (χ0n) is 13.0. The van der Waals surface area contributed by atoms with Crippen LogP contribution in [0.25, 0.3) is 0 Å².